The lowest BCUT2D eigenvalue weighted by Crippen LogP contribution is -2.05. The van der Waals surface area contributed by atoms with Crippen molar-refractivity contribution in [2.45, 2.75) is 39.7 Å². The van der Waals surface area contributed by atoms with Gasteiger partial charge in [0.2, 0.25) is 0 Å². The SMILES string of the molecule is CC(C)Oc1ccc(-c2cc(Br)nc(C(C)C)n2)cc1. The number of rotatable bonds is 4. The number of aromatic nitrogens is 2. The van der Waals surface area contributed by atoms with Gasteiger partial charge < -0.3 is 4.74 Å². The second kappa shape index (κ2) is 6.35. The Balaban J connectivity index is 2.31. The molecule has 106 valence electrons. The Kier molecular flexibility index (Phi) is 4.76. The molecular weight excluding hydrogens is 316 g/mol. The smallest absolute Gasteiger partial charge is 0.132 e. The molecule has 0 aliphatic heterocycles. The van der Waals surface area contributed by atoms with E-state index in [1.54, 1.807) is 0 Å². The molecule has 0 saturated carbocycles. The maximum atomic E-state index is 5.65. The van der Waals surface area contributed by atoms with E-state index >= 15 is 0 Å². The zero-order valence-electron chi connectivity index (χ0n) is 12.2. The van der Waals surface area contributed by atoms with E-state index in [0.29, 0.717) is 5.92 Å². The number of benzene rings is 1. The predicted octanol–water partition coefficient (Wildman–Crippen LogP) is 4.82. The number of hydrogen-bond acceptors (Lipinski definition) is 3. The molecule has 1 aromatic heterocycles. The van der Waals surface area contributed by atoms with Crippen LogP contribution in [0.2, 0.25) is 0 Å². The second-order valence-corrected chi connectivity index (χ2v) is 6.09. The highest BCUT2D eigenvalue weighted by Gasteiger charge is 2.08. The van der Waals surface area contributed by atoms with E-state index in [-0.39, 0.29) is 6.10 Å². The van der Waals surface area contributed by atoms with Gasteiger partial charge in [0.15, 0.2) is 0 Å². The van der Waals surface area contributed by atoms with Crippen molar-refractivity contribution >= 4 is 15.9 Å². The van der Waals surface area contributed by atoms with Gasteiger partial charge in [0, 0.05) is 11.5 Å². The van der Waals surface area contributed by atoms with Crippen LogP contribution in [-0.4, -0.2) is 16.1 Å². The Labute approximate surface area is 128 Å². The minimum atomic E-state index is 0.182. The Hall–Kier alpha value is -1.42. The maximum Gasteiger partial charge on any atom is 0.132 e. The fourth-order valence-electron chi connectivity index (χ4n) is 1.82. The quantitative estimate of drug-likeness (QED) is 0.752. The van der Waals surface area contributed by atoms with Gasteiger partial charge in [0.1, 0.15) is 16.2 Å². The average molecular weight is 335 g/mol. The first-order valence-electron chi connectivity index (χ1n) is 6.77. The highest BCUT2D eigenvalue weighted by Crippen LogP contribution is 2.25. The molecule has 1 heterocycles. The Morgan fingerprint density at radius 1 is 1.00 bits per heavy atom. The third kappa shape index (κ3) is 3.79. The van der Waals surface area contributed by atoms with Crippen molar-refractivity contribution in [1.29, 1.82) is 0 Å². The Bertz CT molecular complexity index is 580. The normalized spacial score (nSPS) is 11.2. The molecule has 0 fully saturated rings. The van der Waals surface area contributed by atoms with Crippen LogP contribution in [0.1, 0.15) is 39.4 Å². The van der Waals surface area contributed by atoms with E-state index in [4.69, 9.17) is 4.74 Å². The van der Waals surface area contributed by atoms with Crippen molar-refractivity contribution in [2.75, 3.05) is 0 Å². The molecule has 0 bridgehead atoms. The molecular formula is C16H19BrN2O. The van der Waals surface area contributed by atoms with Crippen LogP contribution in [0, 0.1) is 0 Å². The first-order valence-corrected chi connectivity index (χ1v) is 7.56. The van der Waals surface area contributed by atoms with Crippen LogP contribution >= 0.6 is 15.9 Å². The zero-order chi connectivity index (χ0) is 14.7. The van der Waals surface area contributed by atoms with Gasteiger partial charge in [-0.05, 0) is 60.1 Å². The van der Waals surface area contributed by atoms with Crippen molar-refractivity contribution in [1.82, 2.24) is 9.97 Å². The fourth-order valence-corrected chi connectivity index (χ4v) is 2.22. The highest BCUT2D eigenvalue weighted by molar-refractivity contribution is 9.10. The number of hydrogen-bond donors (Lipinski definition) is 0. The number of ether oxygens (including phenoxy) is 1. The lowest BCUT2D eigenvalue weighted by Gasteiger charge is -2.11. The van der Waals surface area contributed by atoms with Crippen LogP contribution in [0.15, 0.2) is 34.9 Å². The molecule has 3 nitrogen and oxygen atoms in total. The average Bonchev–Trinajstić information content (AvgIpc) is 2.38. The molecule has 2 rings (SSSR count). The summed E-state index contributed by atoms with van der Waals surface area (Å²) < 4.78 is 6.46. The molecule has 0 amide bonds. The minimum absolute atomic E-state index is 0.182. The summed E-state index contributed by atoms with van der Waals surface area (Å²) in [6.07, 6.45) is 0.182. The molecule has 0 radical (unpaired) electrons. The van der Waals surface area contributed by atoms with Gasteiger partial charge in [-0.15, -0.1) is 0 Å². The molecule has 0 saturated heterocycles. The molecule has 4 heteroatoms. The maximum absolute atomic E-state index is 5.65. The molecule has 1 aromatic carbocycles. The van der Waals surface area contributed by atoms with E-state index in [9.17, 15) is 0 Å². The molecule has 0 aliphatic rings. The second-order valence-electron chi connectivity index (χ2n) is 5.28. The van der Waals surface area contributed by atoms with Crippen molar-refractivity contribution in [3.8, 4) is 17.0 Å². The Morgan fingerprint density at radius 2 is 1.65 bits per heavy atom. The summed E-state index contributed by atoms with van der Waals surface area (Å²) in [4.78, 5) is 9.01. The standard InChI is InChI=1S/C16H19BrN2O/c1-10(2)16-18-14(9-15(17)19-16)12-5-7-13(8-6-12)20-11(3)4/h5-11H,1-4H3. The number of halogens is 1. The van der Waals surface area contributed by atoms with Crippen LogP contribution in [0.4, 0.5) is 0 Å². The topological polar surface area (TPSA) is 35.0 Å². The molecule has 0 N–H and O–H groups in total. The summed E-state index contributed by atoms with van der Waals surface area (Å²) in [7, 11) is 0. The van der Waals surface area contributed by atoms with Gasteiger partial charge in [0.05, 0.1) is 11.8 Å². The predicted molar refractivity (Wildman–Crippen MR) is 85.0 cm³/mol. The highest BCUT2D eigenvalue weighted by atomic mass is 79.9. The van der Waals surface area contributed by atoms with Crippen molar-refractivity contribution in [2.24, 2.45) is 0 Å². The van der Waals surface area contributed by atoms with Crippen LogP contribution in [-0.2, 0) is 0 Å². The lowest BCUT2D eigenvalue weighted by atomic mass is 10.1. The van der Waals surface area contributed by atoms with E-state index in [2.05, 4.69) is 39.7 Å². The molecule has 0 atom stereocenters. The molecule has 2 aromatic rings. The third-order valence-corrected chi connectivity index (χ3v) is 3.16. The largest absolute Gasteiger partial charge is 0.491 e. The van der Waals surface area contributed by atoms with Gasteiger partial charge >= 0.3 is 0 Å². The zero-order valence-corrected chi connectivity index (χ0v) is 13.8. The van der Waals surface area contributed by atoms with Crippen LogP contribution in [0.5, 0.6) is 5.75 Å². The Morgan fingerprint density at radius 3 is 2.20 bits per heavy atom. The first-order chi connectivity index (χ1) is 9.45. The summed E-state index contributed by atoms with van der Waals surface area (Å²) >= 11 is 3.45. The van der Waals surface area contributed by atoms with Crippen LogP contribution in [0.25, 0.3) is 11.3 Å². The van der Waals surface area contributed by atoms with Crippen molar-refractivity contribution < 1.29 is 4.74 Å². The summed E-state index contributed by atoms with van der Waals surface area (Å²) in [5, 5.41) is 0. The summed E-state index contributed by atoms with van der Waals surface area (Å²) in [5.74, 6) is 2.02. The summed E-state index contributed by atoms with van der Waals surface area (Å²) in [5.41, 5.74) is 1.98. The molecule has 0 aliphatic carbocycles. The van der Waals surface area contributed by atoms with Gasteiger partial charge in [-0.1, -0.05) is 13.8 Å². The minimum Gasteiger partial charge on any atom is -0.491 e. The van der Waals surface area contributed by atoms with Crippen LogP contribution < -0.4 is 4.74 Å². The van der Waals surface area contributed by atoms with E-state index in [0.717, 1.165) is 27.4 Å². The van der Waals surface area contributed by atoms with Crippen LogP contribution in [0.3, 0.4) is 0 Å². The van der Waals surface area contributed by atoms with Gasteiger partial charge in [-0.2, -0.15) is 0 Å². The van der Waals surface area contributed by atoms with Crippen molar-refractivity contribution in [3.63, 3.8) is 0 Å². The van der Waals surface area contributed by atoms with Gasteiger partial charge in [-0.25, -0.2) is 9.97 Å². The number of nitrogens with zero attached hydrogens (tertiary/aromatic N) is 2. The summed E-state index contributed by atoms with van der Waals surface area (Å²) in [6.45, 7) is 8.21. The first kappa shape index (κ1) is 15.0. The van der Waals surface area contributed by atoms with Crippen molar-refractivity contribution in [3.05, 3.63) is 40.8 Å². The fraction of sp³-hybridized carbons (Fsp3) is 0.375. The summed E-state index contributed by atoms with van der Waals surface area (Å²) in [6, 6.07) is 9.93. The van der Waals surface area contributed by atoms with E-state index < -0.39 is 0 Å². The molecule has 20 heavy (non-hydrogen) atoms. The molecule has 0 spiro atoms. The van der Waals surface area contributed by atoms with Gasteiger partial charge in [-0.3, -0.25) is 0 Å². The van der Waals surface area contributed by atoms with E-state index in [1.807, 2.05) is 44.2 Å². The molecule has 0 unspecified atom stereocenters. The van der Waals surface area contributed by atoms with E-state index in [1.165, 1.54) is 0 Å². The monoisotopic (exact) mass is 334 g/mol. The lowest BCUT2D eigenvalue weighted by molar-refractivity contribution is 0.242. The third-order valence-electron chi connectivity index (χ3n) is 2.75. The van der Waals surface area contributed by atoms with Gasteiger partial charge in [0.25, 0.3) is 0 Å².